The lowest BCUT2D eigenvalue weighted by Gasteiger charge is -2.10. The quantitative estimate of drug-likeness (QED) is 0.325. The van der Waals surface area contributed by atoms with Crippen molar-refractivity contribution in [1.29, 1.82) is 0 Å². The number of aromatic hydroxyl groups is 1. The number of hydrogen-bond acceptors (Lipinski definition) is 8. The zero-order chi connectivity index (χ0) is 25.5. The van der Waals surface area contributed by atoms with Crippen molar-refractivity contribution in [3.05, 3.63) is 102 Å². The third kappa shape index (κ3) is 6.36. The summed E-state index contributed by atoms with van der Waals surface area (Å²) in [6, 6.07) is 20.0. The van der Waals surface area contributed by atoms with Crippen molar-refractivity contribution in [3.8, 4) is 22.9 Å². The summed E-state index contributed by atoms with van der Waals surface area (Å²) in [6.45, 7) is 0.130. The van der Waals surface area contributed by atoms with E-state index in [1.807, 2.05) is 6.07 Å². The lowest BCUT2D eigenvalue weighted by molar-refractivity contribution is 0.0597. The Balaban J connectivity index is 1.41. The molecule has 0 aliphatic carbocycles. The molecule has 1 aromatic heterocycles. The van der Waals surface area contributed by atoms with Crippen LogP contribution in [0.25, 0.3) is 11.4 Å². The number of methoxy groups -OCH3 is 1. The van der Waals surface area contributed by atoms with Gasteiger partial charge >= 0.3 is 5.97 Å². The van der Waals surface area contributed by atoms with Gasteiger partial charge in [-0.1, -0.05) is 42.5 Å². The highest BCUT2D eigenvalue weighted by Gasteiger charge is 2.14. The van der Waals surface area contributed by atoms with Crippen LogP contribution in [0.1, 0.15) is 21.5 Å². The number of esters is 1. The molecule has 0 saturated carbocycles. The number of aromatic nitrogens is 2. The minimum absolute atomic E-state index is 0.000807. The number of hydrogen-bond donors (Lipinski definition) is 2. The molecule has 0 fully saturated rings. The number of anilines is 1. The second-order valence-electron chi connectivity index (χ2n) is 7.80. The van der Waals surface area contributed by atoms with E-state index in [0.717, 1.165) is 0 Å². The van der Waals surface area contributed by atoms with Gasteiger partial charge in [-0.3, -0.25) is 4.72 Å². The minimum atomic E-state index is -3.59. The van der Waals surface area contributed by atoms with E-state index in [1.165, 1.54) is 25.3 Å². The number of nitrogens with zero attached hydrogens (tertiary/aromatic N) is 2. The molecule has 0 aliphatic rings. The van der Waals surface area contributed by atoms with Gasteiger partial charge < -0.3 is 14.6 Å². The van der Waals surface area contributed by atoms with Crippen LogP contribution in [0.3, 0.4) is 0 Å². The second kappa shape index (κ2) is 10.9. The highest BCUT2D eigenvalue weighted by molar-refractivity contribution is 7.91. The Labute approximate surface area is 208 Å². The summed E-state index contributed by atoms with van der Waals surface area (Å²) in [5, 5.41) is 9.79. The van der Waals surface area contributed by atoms with Crippen LogP contribution in [-0.2, 0) is 27.1 Å². The first-order chi connectivity index (χ1) is 17.3. The first-order valence-corrected chi connectivity index (χ1v) is 12.5. The van der Waals surface area contributed by atoms with Crippen molar-refractivity contribution in [1.82, 2.24) is 9.97 Å². The molecule has 0 unspecified atom stereocenters. The molecule has 10 heteroatoms. The molecule has 184 valence electrons. The molecule has 0 radical (unpaired) electrons. The first kappa shape index (κ1) is 24.7. The normalized spacial score (nSPS) is 11.0. The van der Waals surface area contributed by atoms with E-state index in [4.69, 9.17) is 4.74 Å². The molecular formula is C26H23N3O6S. The summed E-state index contributed by atoms with van der Waals surface area (Å²) in [7, 11) is -2.37. The maximum absolute atomic E-state index is 12.5. The number of benzene rings is 3. The van der Waals surface area contributed by atoms with E-state index >= 15 is 0 Å². The first-order valence-electron chi connectivity index (χ1n) is 10.8. The number of carbonyl (C=O) groups is 1. The molecule has 0 atom stereocenters. The number of phenolic OH excluding ortho intramolecular Hbond substituents is 1. The average molecular weight is 506 g/mol. The smallest absolute Gasteiger partial charge is 0.341 e. The summed E-state index contributed by atoms with van der Waals surface area (Å²) >= 11 is 0. The van der Waals surface area contributed by atoms with Gasteiger partial charge in [-0.05, 0) is 35.9 Å². The minimum Gasteiger partial charge on any atom is -0.507 e. The summed E-state index contributed by atoms with van der Waals surface area (Å²) < 4.78 is 38.0. The van der Waals surface area contributed by atoms with Crippen molar-refractivity contribution in [3.63, 3.8) is 0 Å². The van der Waals surface area contributed by atoms with Crippen LogP contribution in [-0.4, -0.2) is 36.6 Å². The van der Waals surface area contributed by atoms with Gasteiger partial charge in [-0.25, -0.2) is 23.2 Å². The number of rotatable bonds is 9. The molecule has 0 aliphatic heterocycles. The average Bonchev–Trinajstić information content (AvgIpc) is 2.88. The van der Waals surface area contributed by atoms with Crippen LogP contribution < -0.4 is 9.46 Å². The van der Waals surface area contributed by atoms with Crippen molar-refractivity contribution in [2.45, 2.75) is 12.4 Å². The maximum Gasteiger partial charge on any atom is 0.341 e. The number of sulfonamides is 1. The molecule has 9 nitrogen and oxygen atoms in total. The molecule has 0 bridgehead atoms. The predicted molar refractivity (Wildman–Crippen MR) is 134 cm³/mol. The van der Waals surface area contributed by atoms with E-state index in [-0.39, 0.29) is 23.7 Å². The van der Waals surface area contributed by atoms with Gasteiger partial charge in [-0.2, -0.15) is 0 Å². The Morgan fingerprint density at radius 2 is 1.69 bits per heavy atom. The largest absolute Gasteiger partial charge is 0.507 e. The Morgan fingerprint density at radius 1 is 0.944 bits per heavy atom. The second-order valence-corrected chi connectivity index (χ2v) is 9.52. The number of nitrogens with one attached hydrogen (secondary N) is 1. The number of phenols is 1. The molecule has 2 N–H and O–H groups in total. The van der Waals surface area contributed by atoms with Gasteiger partial charge in [0.25, 0.3) is 0 Å². The van der Waals surface area contributed by atoms with Crippen LogP contribution in [0.15, 0.2) is 85.2 Å². The molecule has 4 rings (SSSR count). The fraction of sp³-hybridized carbons (Fsp3) is 0.115. The third-order valence-electron chi connectivity index (χ3n) is 5.08. The number of carbonyl (C=O) groups excluding carboxylic acids is 1. The Morgan fingerprint density at radius 3 is 2.42 bits per heavy atom. The van der Waals surface area contributed by atoms with Gasteiger partial charge in [-0.15, -0.1) is 0 Å². The van der Waals surface area contributed by atoms with E-state index in [1.54, 1.807) is 60.9 Å². The van der Waals surface area contributed by atoms with Crippen molar-refractivity contribution in [2.75, 3.05) is 11.8 Å². The van der Waals surface area contributed by atoms with Gasteiger partial charge in [0.15, 0.2) is 5.82 Å². The highest BCUT2D eigenvalue weighted by atomic mass is 32.2. The molecule has 4 aromatic rings. The molecule has 0 spiro atoms. The van der Waals surface area contributed by atoms with Crippen LogP contribution in [0.2, 0.25) is 0 Å². The lowest BCUT2D eigenvalue weighted by Crippen LogP contribution is -2.15. The Kier molecular flexibility index (Phi) is 7.45. The third-order valence-corrected chi connectivity index (χ3v) is 6.34. The fourth-order valence-electron chi connectivity index (χ4n) is 3.35. The van der Waals surface area contributed by atoms with Crippen LogP contribution in [0, 0.1) is 0 Å². The Hall–Kier alpha value is -4.44. The summed E-state index contributed by atoms with van der Waals surface area (Å²) in [6.07, 6.45) is 3.19. The summed E-state index contributed by atoms with van der Waals surface area (Å²) in [5.74, 6) is -0.222. The standard InChI is InChI=1S/C26H23N3O6S/c1-34-26(31)23-13-22(10-11-24(23)30)35-16-19-14-27-25(28-15-19)20-8-5-9-21(12-20)29-36(32,33)17-18-6-3-2-4-7-18/h2-15,29-30H,16-17H2,1H3. The lowest BCUT2D eigenvalue weighted by atomic mass is 10.2. The van der Waals surface area contributed by atoms with Crippen LogP contribution >= 0.6 is 0 Å². The molecule has 0 amide bonds. The van der Waals surface area contributed by atoms with Crippen molar-refractivity contribution >= 4 is 21.7 Å². The van der Waals surface area contributed by atoms with Gasteiger partial charge in [0.1, 0.15) is 23.7 Å². The summed E-state index contributed by atoms with van der Waals surface area (Å²) in [4.78, 5) is 20.4. The summed E-state index contributed by atoms with van der Waals surface area (Å²) in [5.41, 5.74) is 2.42. The molecular weight excluding hydrogens is 482 g/mol. The van der Waals surface area contributed by atoms with E-state index in [2.05, 4.69) is 19.4 Å². The molecule has 3 aromatic carbocycles. The SMILES string of the molecule is COC(=O)c1cc(OCc2cnc(-c3cccc(NS(=O)(=O)Cc4ccccc4)c3)nc2)ccc1O. The van der Waals surface area contributed by atoms with E-state index in [9.17, 15) is 18.3 Å². The highest BCUT2D eigenvalue weighted by Crippen LogP contribution is 2.25. The van der Waals surface area contributed by atoms with Crippen LogP contribution in [0.4, 0.5) is 5.69 Å². The van der Waals surface area contributed by atoms with Gasteiger partial charge in [0.2, 0.25) is 10.0 Å². The zero-order valence-corrected chi connectivity index (χ0v) is 20.1. The molecule has 36 heavy (non-hydrogen) atoms. The van der Waals surface area contributed by atoms with Gasteiger partial charge in [0.05, 0.1) is 12.9 Å². The van der Waals surface area contributed by atoms with Gasteiger partial charge in [0, 0.05) is 29.2 Å². The van der Waals surface area contributed by atoms with Crippen molar-refractivity contribution < 1.29 is 27.8 Å². The molecule has 0 saturated heterocycles. The van der Waals surface area contributed by atoms with E-state index in [0.29, 0.717) is 34.0 Å². The Bertz CT molecular complexity index is 1460. The topological polar surface area (TPSA) is 128 Å². The fourth-order valence-corrected chi connectivity index (χ4v) is 4.54. The van der Waals surface area contributed by atoms with Crippen LogP contribution in [0.5, 0.6) is 11.5 Å². The zero-order valence-electron chi connectivity index (χ0n) is 19.3. The molecule has 1 heterocycles. The number of ether oxygens (including phenoxy) is 2. The van der Waals surface area contributed by atoms with Crippen molar-refractivity contribution in [2.24, 2.45) is 0 Å². The maximum atomic E-state index is 12.5. The van der Waals surface area contributed by atoms with E-state index < -0.39 is 16.0 Å². The monoisotopic (exact) mass is 505 g/mol. The predicted octanol–water partition coefficient (Wildman–Crippen LogP) is 4.16.